The lowest BCUT2D eigenvalue weighted by atomic mass is 10.1. The van der Waals surface area contributed by atoms with Crippen molar-refractivity contribution in [1.29, 1.82) is 0 Å². The molecule has 0 saturated carbocycles. The molecule has 0 saturated heterocycles. The number of rotatable bonds is 5. The third-order valence-corrected chi connectivity index (χ3v) is 3.58. The molecule has 0 heterocycles. The van der Waals surface area contributed by atoms with Gasteiger partial charge >= 0.3 is 5.97 Å². The summed E-state index contributed by atoms with van der Waals surface area (Å²) in [5.41, 5.74) is 2.46. The molecule has 2 aromatic rings. The molecule has 0 aliphatic carbocycles. The zero-order valence-corrected chi connectivity index (χ0v) is 13.8. The summed E-state index contributed by atoms with van der Waals surface area (Å²) < 4.78 is 4.99. The molecule has 4 nitrogen and oxygen atoms in total. The summed E-state index contributed by atoms with van der Waals surface area (Å²) in [6.45, 7) is 3.55. The van der Waals surface area contributed by atoms with Gasteiger partial charge in [-0.3, -0.25) is 4.79 Å². The summed E-state index contributed by atoms with van der Waals surface area (Å²) in [6.07, 6.45) is 0. The standard InChI is InChI=1S/C18H18ClNO3/c1-12-6-8-14(9-7-12)13(2)20-17(21)11-23-18(22)15-4-3-5-16(19)10-15/h3-10,13H,11H2,1-2H3,(H,20,21). The lowest BCUT2D eigenvalue weighted by Crippen LogP contribution is -2.31. The number of carbonyl (C=O) groups excluding carboxylic acids is 2. The molecule has 2 aromatic carbocycles. The molecule has 23 heavy (non-hydrogen) atoms. The van der Waals surface area contributed by atoms with Crippen LogP contribution in [-0.4, -0.2) is 18.5 Å². The summed E-state index contributed by atoms with van der Waals surface area (Å²) in [4.78, 5) is 23.7. The second kappa shape index (κ2) is 7.79. The fraction of sp³-hybridized carbons (Fsp3) is 0.222. The predicted molar refractivity (Wildman–Crippen MR) is 89.5 cm³/mol. The van der Waals surface area contributed by atoms with Crippen LogP contribution in [0.2, 0.25) is 5.02 Å². The molecule has 1 N–H and O–H groups in total. The molecule has 0 aliphatic heterocycles. The fourth-order valence-electron chi connectivity index (χ4n) is 2.05. The number of esters is 1. The minimum atomic E-state index is -0.578. The molecular weight excluding hydrogens is 314 g/mol. The highest BCUT2D eigenvalue weighted by Crippen LogP contribution is 2.13. The molecule has 0 spiro atoms. The summed E-state index contributed by atoms with van der Waals surface area (Å²) in [5.74, 6) is -0.931. The van der Waals surface area contributed by atoms with Crippen LogP contribution in [0.5, 0.6) is 0 Å². The minimum absolute atomic E-state index is 0.159. The SMILES string of the molecule is Cc1ccc(C(C)NC(=O)COC(=O)c2cccc(Cl)c2)cc1. The first-order valence-electron chi connectivity index (χ1n) is 7.24. The van der Waals surface area contributed by atoms with E-state index in [2.05, 4.69) is 5.32 Å². The number of nitrogens with one attached hydrogen (secondary N) is 1. The van der Waals surface area contributed by atoms with Crippen LogP contribution >= 0.6 is 11.6 Å². The molecule has 0 aliphatic rings. The highest BCUT2D eigenvalue weighted by Gasteiger charge is 2.13. The lowest BCUT2D eigenvalue weighted by Gasteiger charge is -2.14. The van der Waals surface area contributed by atoms with Gasteiger partial charge in [0.1, 0.15) is 0 Å². The summed E-state index contributed by atoms with van der Waals surface area (Å²) in [6, 6.07) is 14.1. The Balaban J connectivity index is 1.85. The van der Waals surface area contributed by atoms with Crippen LogP contribution in [0, 0.1) is 6.92 Å². The molecule has 1 amide bonds. The molecule has 0 aromatic heterocycles. The third kappa shape index (κ3) is 5.11. The predicted octanol–water partition coefficient (Wildman–Crippen LogP) is 3.68. The van der Waals surface area contributed by atoms with E-state index in [0.717, 1.165) is 11.1 Å². The number of hydrogen-bond acceptors (Lipinski definition) is 3. The van der Waals surface area contributed by atoms with Gasteiger partial charge in [-0.25, -0.2) is 4.79 Å². The number of carbonyl (C=O) groups is 2. The first kappa shape index (κ1) is 17.0. The molecule has 0 fully saturated rings. The van der Waals surface area contributed by atoms with Crippen molar-refractivity contribution in [3.05, 3.63) is 70.2 Å². The Morgan fingerprint density at radius 2 is 1.87 bits per heavy atom. The Bertz CT molecular complexity index is 698. The molecule has 2 rings (SSSR count). The second-order valence-corrected chi connectivity index (χ2v) is 5.72. The van der Waals surface area contributed by atoms with Gasteiger partial charge in [-0.1, -0.05) is 47.5 Å². The second-order valence-electron chi connectivity index (χ2n) is 5.29. The van der Waals surface area contributed by atoms with Gasteiger partial charge < -0.3 is 10.1 Å². The maximum absolute atomic E-state index is 11.9. The molecule has 5 heteroatoms. The van der Waals surface area contributed by atoms with Gasteiger partial charge in [0.25, 0.3) is 5.91 Å². The lowest BCUT2D eigenvalue weighted by molar-refractivity contribution is -0.124. The van der Waals surface area contributed by atoms with Crippen LogP contribution in [-0.2, 0) is 9.53 Å². The molecule has 1 unspecified atom stereocenters. The van der Waals surface area contributed by atoms with Crippen LogP contribution in [0.15, 0.2) is 48.5 Å². The zero-order chi connectivity index (χ0) is 16.8. The monoisotopic (exact) mass is 331 g/mol. The molecular formula is C18H18ClNO3. The van der Waals surface area contributed by atoms with Gasteiger partial charge in [0.2, 0.25) is 0 Å². The normalized spacial score (nSPS) is 11.6. The van der Waals surface area contributed by atoms with Crippen molar-refractivity contribution < 1.29 is 14.3 Å². The largest absolute Gasteiger partial charge is 0.452 e. The molecule has 1 atom stereocenters. The van der Waals surface area contributed by atoms with Crippen LogP contribution in [0.25, 0.3) is 0 Å². The quantitative estimate of drug-likeness (QED) is 0.850. The van der Waals surface area contributed by atoms with E-state index in [0.29, 0.717) is 10.6 Å². The topological polar surface area (TPSA) is 55.4 Å². The number of amides is 1. The molecule has 0 bridgehead atoms. The highest BCUT2D eigenvalue weighted by molar-refractivity contribution is 6.30. The Labute approximate surface area is 140 Å². The maximum atomic E-state index is 11.9. The Morgan fingerprint density at radius 1 is 1.17 bits per heavy atom. The minimum Gasteiger partial charge on any atom is -0.452 e. The van der Waals surface area contributed by atoms with Crippen molar-refractivity contribution >= 4 is 23.5 Å². The number of halogens is 1. The first-order chi connectivity index (χ1) is 11.0. The van der Waals surface area contributed by atoms with Crippen molar-refractivity contribution in [2.75, 3.05) is 6.61 Å². The summed E-state index contributed by atoms with van der Waals surface area (Å²) >= 11 is 5.81. The van der Waals surface area contributed by atoms with E-state index in [1.807, 2.05) is 38.1 Å². The van der Waals surface area contributed by atoms with E-state index in [1.54, 1.807) is 18.2 Å². The Hall–Kier alpha value is -2.33. The van der Waals surface area contributed by atoms with E-state index in [-0.39, 0.29) is 18.6 Å². The number of aryl methyl sites for hydroxylation is 1. The van der Waals surface area contributed by atoms with E-state index in [1.165, 1.54) is 6.07 Å². The first-order valence-corrected chi connectivity index (χ1v) is 7.62. The number of benzene rings is 2. The van der Waals surface area contributed by atoms with Crippen molar-refractivity contribution in [3.63, 3.8) is 0 Å². The maximum Gasteiger partial charge on any atom is 0.338 e. The van der Waals surface area contributed by atoms with E-state index in [9.17, 15) is 9.59 Å². The van der Waals surface area contributed by atoms with Crippen LogP contribution in [0.1, 0.15) is 34.5 Å². The highest BCUT2D eigenvalue weighted by atomic mass is 35.5. The summed E-state index contributed by atoms with van der Waals surface area (Å²) in [5, 5.41) is 3.23. The Morgan fingerprint density at radius 3 is 2.52 bits per heavy atom. The van der Waals surface area contributed by atoms with Gasteiger partial charge in [0, 0.05) is 5.02 Å². The van der Waals surface area contributed by atoms with E-state index < -0.39 is 5.97 Å². The van der Waals surface area contributed by atoms with Crippen molar-refractivity contribution in [1.82, 2.24) is 5.32 Å². The van der Waals surface area contributed by atoms with Crippen LogP contribution in [0.4, 0.5) is 0 Å². The van der Waals surface area contributed by atoms with Gasteiger partial charge in [-0.2, -0.15) is 0 Å². The van der Waals surface area contributed by atoms with Gasteiger partial charge in [-0.15, -0.1) is 0 Å². The average Bonchev–Trinajstić information content (AvgIpc) is 2.53. The smallest absolute Gasteiger partial charge is 0.338 e. The van der Waals surface area contributed by atoms with Gasteiger partial charge in [0.05, 0.1) is 11.6 Å². The average molecular weight is 332 g/mol. The van der Waals surface area contributed by atoms with E-state index in [4.69, 9.17) is 16.3 Å². The zero-order valence-electron chi connectivity index (χ0n) is 13.0. The summed E-state index contributed by atoms with van der Waals surface area (Å²) in [7, 11) is 0. The van der Waals surface area contributed by atoms with Gasteiger partial charge in [0.15, 0.2) is 6.61 Å². The number of ether oxygens (including phenoxy) is 1. The van der Waals surface area contributed by atoms with Gasteiger partial charge in [-0.05, 0) is 37.6 Å². The fourth-order valence-corrected chi connectivity index (χ4v) is 2.24. The number of hydrogen-bond donors (Lipinski definition) is 1. The molecule has 0 radical (unpaired) electrons. The van der Waals surface area contributed by atoms with Crippen molar-refractivity contribution in [2.24, 2.45) is 0 Å². The van der Waals surface area contributed by atoms with Crippen molar-refractivity contribution in [2.45, 2.75) is 19.9 Å². The molecule has 120 valence electrons. The van der Waals surface area contributed by atoms with Crippen LogP contribution in [0.3, 0.4) is 0 Å². The van der Waals surface area contributed by atoms with E-state index >= 15 is 0 Å². The van der Waals surface area contributed by atoms with Crippen molar-refractivity contribution in [3.8, 4) is 0 Å². The Kier molecular flexibility index (Phi) is 5.77. The van der Waals surface area contributed by atoms with Crippen LogP contribution < -0.4 is 5.32 Å². The third-order valence-electron chi connectivity index (χ3n) is 3.35.